The SMILES string of the molecule is Cn1ccc2cc(F)c(CCC=O)cc21. The molecule has 1 aromatic carbocycles. The van der Waals surface area contributed by atoms with E-state index in [0.717, 1.165) is 17.2 Å². The Morgan fingerprint density at radius 2 is 2.27 bits per heavy atom. The second-order valence-electron chi connectivity index (χ2n) is 3.63. The average Bonchev–Trinajstić information content (AvgIpc) is 2.57. The van der Waals surface area contributed by atoms with Crippen molar-refractivity contribution in [2.24, 2.45) is 7.05 Å². The van der Waals surface area contributed by atoms with Gasteiger partial charge in [-0.3, -0.25) is 0 Å². The van der Waals surface area contributed by atoms with Crippen LogP contribution in [0, 0.1) is 5.82 Å². The lowest BCUT2D eigenvalue weighted by Gasteiger charge is -2.03. The number of halogens is 1. The highest BCUT2D eigenvalue weighted by Crippen LogP contribution is 2.20. The van der Waals surface area contributed by atoms with Crippen LogP contribution in [0.2, 0.25) is 0 Å². The van der Waals surface area contributed by atoms with Gasteiger partial charge in [0.25, 0.3) is 0 Å². The molecule has 0 N–H and O–H groups in total. The molecule has 0 radical (unpaired) electrons. The van der Waals surface area contributed by atoms with E-state index in [4.69, 9.17) is 0 Å². The third-order valence-corrected chi connectivity index (χ3v) is 2.58. The Labute approximate surface area is 87.3 Å². The summed E-state index contributed by atoms with van der Waals surface area (Å²) in [5.74, 6) is -0.226. The summed E-state index contributed by atoms with van der Waals surface area (Å²) in [6.07, 6.45) is 3.55. The number of hydrogen-bond donors (Lipinski definition) is 0. The maximum atomic E-state index is 13.5. The van der Waals surface area contributed by atoms with Gasteiger partial charge >= 0.3 is 0 Å². The average molecular weight is 205 g/mol. The van der Waals surface area contributed by atoms with E-state index in [1.54, 1.807) is 0 Å². The number of rotatable bonds is 3. The topological polar surface area (TPSA) is 22.0 Å². The van der Waals surface area contributed by atoms with E-state index in [-0.39, 0.29) is 5.82 Å². The van der Waals surface area contributed by atoms with Crippen LogP contribution in [-0.4, -0.2) is 10.9 Å². The third kappa shape index (κ3) is 1.77. The molecule has 2 rings (SSSR count). The molecular formula is C12H12FNO. The molecule has 3 heteroatoms. The molecule has 0 amide bonds. The first-order chi connectivity index (χ1) is 7.22. The van der Waals surface area contributed by atoms with E-state index >= 15 is 0 Å². The van der Waals surface area contributed by atoms with Crippen LogP contribution in [0.1, 0.15) is 12.0 Å². The van der Waals surface area contributed by atoms with Crippen LogP contribution in [0.4, 0.5) is 4.39 Å². The summed E-state index contributed by atoms with van der Waals surface area (Å²) in [7, 11) is 1.92. The zero-order chi connectivity index (χ0) is 10.8. The molecule has 1 aromatic heterocycles. The fraction of sp³-hybridized carbons (Fsp3) is 0.250. The quantitative estimate of drug-likeness (QED) is 0.705. The number of carbonyl (C=O) groups excluding carboxylic acids is 1. The maximum Gasteiger partial charge on any atom is 0.127 e. The predicted octanol–water partition coefficient (Wildman–Crippen LogP) is 2.45. The van der Waals surface area contributed by atoms with Gasteiger partial charge < -0.3 is 9.36 Å². The van der Waals surface area contributed by atoms with Crippen molar-refractivity contribution >= 4 is 17.2 Å². The van der Waals surface area contributed by atoms with Crippen molar-refractivity contribution in [3.63, 3.8) is 0 Å². The Kier molecular flexibility index (Phi) is 2.54. The van der Waals surface area contributed by atoms with Crippen LogP contribution >= 0.6 is 0 Å². The molecule has 0 aliphatic heterocycles. The summed E-state index contributed by atoms with van der Waals surface area (Å²) in [5, 5.41) is 0.893. The first kappa shape index (κ1) is 9.90. The van der Waals surface area contributed by atoms with Gasteiger partial charge in [-0.15, -0.1) is 0 Å². The second kappa shape index (κ2) is 3.85. The molecule has 0 saturated carbocycles. The lowest BCUT2D eigenvalue weighted by atomic mass is 10.1. The van der Waals surface area contributed by atoms with Gasteiger partial charge in [0, 0.05) is 30.6 Å². The number of carbonyl (C=O) groups is 1. The molecule has 2 nitrogen and oxygen atoms in total. The van der Waals surface area contributed by atoms with Crippen LogP contribution in [0.5, 0.6) is 0 Å². The van der Waals surface area contributed by atoms with E-state index in [1.165, 1.54) is 6.07 Å². The van der Waals surface area contributed by atoms with Gasteiger partial charge in [0.2, 0.25) is 0 Å². The van der Waals surface area contributed by atoms with Gasteiger partial charge in [-0.05, 0) is 30.2 Å². The minimum Gasteiger partial charge on any atom is -0.351 e. The molecule has 0 spiro atoms. The minimum atomic E-state index is -0.226. The van der Waals surface area contributed by atoms with E-state index in [2.05, 4.69) is 0 Å². The summed E-state index contributed by atoms with van der Waals surface area (Å²) < 4.78 is 15.5. The number of benzene rings is 1. The molecule has 0 unspecified atom stereocenters. The Bertz CT molecular complexity index is 502. The van der Waals surface area contributed by atoms with Crippen molar-refractivity contribution in [3.8, 4) is 0 Å². The normalized spacial score (nSPS) is 10.8. The lowest BCUT2D eigenvalue weighted by Crippen LogP contribution is -1.93. The molecular weight excluding hydrogens is 193 g/mol. The fourth-order valence-corrected chi connectivity index (χ4v) is 1.74. The van der Waals surface area contributed by atoms with E-state index in [1.807, 2.05) is 29.9 Å². The van der Waals surface area contributed by atoms with E-state index < -0.39 is 0 Å². The molecule has 2 aromatic rings. The number of nitrogens with zero attached hydrogens (tertiary/aromatic N) is 1. The Morgan fingerprint density at radius 1 is 1.47 bits per heavy atom. The van der Waals surface area contributed by atoms with Gasteiger partial charge in [0.05, 0.1) is 0 Å². The van der Waals surface area contributed by atoms with Crippen molar-refractivity contribution in [3.05, 3.63) is 35.8 Å². The molecule has 0 aliphatic rings. The van der Waals surface area contributed by atoms with Crippen molar-refractivity contribution in [2.75, 3.05) is 0 Å². The van der Waals surface area contributed by atoms with Crippen molar-refractivity contribution in [2.45, 2.75) is 12.8 Å². The maximum absolute atomic E-state index is 13.5. The van der Waals surface area contributed by atoms with Crippen LogP contribution in [0.25, 0.3) is 10.9 Å². The standard InChI is InChI=1S/C12H12FNO/c1-14-5-4-10-7-11(13)9(3-2-6-15)8-12(10)14/h4-8H,2-3H2,1H3. The van der Waals surface area contributed by atoms with Gasteiger partial charge in [-0.1, -0.05) is 0 Å². The summed E-state index contributed by atoms with van der Waals surface area (Å²) >= 11 is 0. The van der Waals surface area contributed by atoms with Gasteiger partial charge in [-0.2, -0.15) is 0 Å². The number of aryl methyl sites for hydroxylation is 2. The molecule has 0 atom stereocenters. The summed E-state index contributed by atoms with van der Waals surface area (Å²) in [4.78, 5) is 10.2. The van der Waals surface area contributed by atoms with Crippen LogP contribution in [0.15, 0.2) is 24.4 Å². The lowest BCUT2D eigenvalue weighted by molar-refractivity contribution is -0.107. The largest absolute Gasteiger partial charge is 0.351 e. The Balaban J connectivity index is 2.49. The summed E-state index contributed by atoms with van der Waals surface area (Å²) in [5.41, 5.74) is 1.61. The molecule has 78 valence electrons. The molecule has 0 fully saturated rings. The van der Waals surface area contributed by atoms with E-state index in [0.29, 0.717) is 18.4 Å². The number of aromatic nitrogens is 1. The summed E-state index contributed by atoms with van der Waals surface area (Å²) in [6.45, 7) is 0. The molecule has 0 bridgehead atoms. The molecule has 15 heavy (non-hydrogen) atoms. The van der Waals surface area contributed by atoms with Crippen molar-refractivity contribution < 1.29 is 9.18 Å². The van der Waals surface area contributed by atoms with Gasteiger partial charge in [0.1, 0.15) is 12.1 Å². The first-order valence-electron chi connectivity index (χ1n) is 4.89. The number of aldehydes is 1. The third-order valence-electron chi connectivity index (χ3n) is 2.58. The highest BCUT2D eigenvalue weighted by atomic mass is 19.1. The smallest absolute Gasteiger partial charge is 0.127 e. The molecule has 1 heterocycles. The molecule has 0 aliphatic carbocycles. The predicted molar refractivity (Wildman–Crippen MR) is 57.3 cm³/mol. The van der Waals surface area contributed by atoms with E-state index in [9.17, 15) is 9.18 Å². The van der Waals surface area contributed by atoms with Crippen LogP contribution < -0.4 is 0 Å². The highest BCUT2D eigenvalue weighted by Gasteiger charge is 2.06. The zero-order valence-electron chi connectivity index (χ0n) is 8.53. The van der Waals surface area contributed by atoms with Gasteiger partial charge in [0.15, 0.2) is 0 Å². The number of hydrogen-bond acceptors (Lipinski definition) is 1. The minimum absolute atomic E-state index is 0.226. The fourth-order valence-electron chi connectivity index (χ4n) is 1.74. The van der Waals surface area contributed by atoms with Crippen LogP contribution in [0.3, 0.4) is 0 Å². The van der Waals surface area contributed by atoms with Crippen molar-refractivity contribution in [1.82, 2.24) is 4.57 Å². The monoisotopic (exact) mass is 205 g/mol. The Morgan fingerprint density at radius 3 is 3.00 bits per heavy atom. The highest BCUT2D eigenvalue weighted by molar-refractivity contribution is 5.81. The Hall–Kier alpha value is -1.64. The first-order valence-corrected chi connectivity index (χ1v) is 4.89. The zero-order valence-corrected chi connectivity index (χ0v) is 8.53. The number of fused-ring (bicyclic) bond motifs is 1. The summed E-state index contributed by atoms with van der Waals surface area (Å²) in [6, 6.07) is 5.21. The van der Waals surface area contributed by atoms with Crippen molar-refractivity contribution in [1.29, 1.82) is 0 Å². The van der Waals surface area contributed by atoms with Gasteiger partial charge in [-0.25, -0.2) is 4.39 Å². The molecule has 0 saturated heterocycles. The van der Waals surface area contributed by atoms with Crippen LogP contribution in [-0.2, 0) is 18.3 Å². The second-order valence-corrected chi connectivity index (χ2v) is 3.63.